The van der Waals surface area contributed by atoms with E-state index in [0.29, 0.717) is 0 Å². The van der Waals surface area contributed by atoms with Gasteiger partial charge in [0.1, 0.15) is 0 Å². The van der Waals surface area contributed by atoms with Crippen molar-refractivity contribution in [2.45, 2.75) is 12.8 Å². The zero-order valence-electron chi connectivity index (χ0n) is 9.40. The van der Waals surface area contributed by atoms with Gasteiger partial charge in [-0.25, -0.2) is 4.79 Å². The van der Waals surface area contributed by atoms with Gasteiger partial charge >= 0.3 is 6.09 Å². The lowest BCUT2D eigenvalue weighted by molar-refractivity contribution is 0.187. The lowest BCUT2D eigenvalue weighted by Crippen LogP contribution is -2.18. The van der Waals surface area contributed by atoms with Crippen molar-refractivity contribution in [1.82, 2.24) is 0 Å². The number of anilines is 2. The van der Waals surface area contributed by atoms with Gasteiger partial charge in [-0.1, -0.05) is 6.07 Å². The Morgan fingerprint density at radius 3 is 2.81 bits per heavy atom. The van der Waals surface area contributed by atoms with Gasteiger partial charge in [0.15, 0.2) is 0 Å². The van der Waals surface area contributed by atoms with Gasteiger partial charge in [-0.15, -0.1) is 0 Å². The van der Waals surface area contributed by atoms with E-state index in [2.05, 4.69) is 21.0 Å². The molecule has 2 rings (SSSR count). The molecule has 1 heterocycles. The summed E-state index contributed by atoms with van der Waals surface area (Å²) in [6, 6.07) is 7.84. The molecule has 0 aromatic heterocycles. The summed E-state index contributed by atoms with van der Waals surface area (Å²) in [6.45, 7) is 2.20. The number of benzene rings is 1. The van der Waals surface area contributed by atoms with Crippen molar-refractivity contribution >= 4 is 17.5 Å². The van der Waals surface area contributed by atoms with Crippen molar-refractivity contribution in [3.8, 4) is 0 Å². The number of carbonyl (C=O) groups excluding carboxylic acids is 1. The van der Waals surface area contributed by atoms with Crippen LogP contribution in [0.4, 0.5) is 16.2 Å². The smallest absolute Gasteiger partial charge is 0.411 e. The minimum absolute atomic E-state index is 0.432. The molecular formula is C12H16N2O2. The highest BCUT2D eigenvalue weighted by Crippen LogP contribution is 2.23. The van der Waals surface area contributed by atoms with Crippen LogP contribution in [0.2, 0.25) is 0 Å². The summed E-state index contributed by atoms with van der Waals surface area (Å²) in [5.74, 6) is 0. The predicted octanol–water partition coefficient (Wildman–Crippen LogP) is 2.47. The van der Waals surface area contributed by atoms with Crippen LogP contribution in [0, 0.1) is 0 Å². The summed E-state index contributed by atoms with van der Waals surface area (Å²) in [5.41, 5.74) is 1.93. The van der Waals surface area contributed by atoms with Crippen molar-refractivity contribution in [2.24, 2.45) is 0 Å². The molecule has 0 aliphatic carbocycles. The van der Waals surface area contributed by atoms with Crippen LogP contribution in [0.5, 0.6) is 0 Å². The molecule has 1 aromatic carbocycles. The van der Waals surface area contributed by atoms with Crippen LogP contribution in [0.1, 0.15) is 12.8 Å². The summed E-state index contributed by atoms with van der Waals surface area (Å²) in [7, 11) is 1.36. The maximum atomic E-state index is 11.1. The SMILES string of the molecule is COC(=O)Nc1cccc(N2CCCC2)c1. The number of nitrogens with zero attached hydrogens (tertiary/aromatic N) is 1. The second-order valence-electron chi connectivity index (χ2n) is 3.86. The van der Waals surface area contributed by atoms with Crippen LogP contribution in [0.15, 0.2) is 24.3 Å². The van der Waals surface area contributed by atoms with Gasteiger partial charge in [-0.2, -0.15) is 0 Å². The average molecular weight is 220 g/mol. The fourth-order valence-corrected chi connectivity index (χ4v) is 1.92. The van der Waals surface area contributed by atoms with Crippen LogP contribution in [0.25, 0.3) is 0 Å². The fourth-order valence-electron chi connectivity index (χ4n) is 1.92. The van der Waals surface area contributed by atoms with Crippen LogP contribution in [-0.2, 0) is 4.74 Å². The standard InChI is InChI=1S/C12H16N2O2/c1-16-12(15)13-10-5-4-6-11(9-10)14-7-2-3-8-14/h4-6,9H,2-3,7-8H2,1H3,(H,13,15). The third-order valence-electron chi connectivity index (χ3n) is 2.75. The van der Waals surface area contributed by atoms with Crippen molar-refractivity contribution in [1.29, 1.82) is 0 Å². The Bertz CT molecular complexity index is 373. The van der Waals surface area contributed by atoms with Gasteiger partial charge in [-0.3, -0.25) is 5.32 Å². The molecule has 1 amide bonds. The maximum Gasteiger partial charge on any atom is 0.411 e. The number of ether oxygens (including phenoxy) is 1. The van der Waals surface area contributed by atoms with Gasteiger partial charge in [0.2, 0.25) is 0 Å². The second-order valence-corrected chi connectivity index (χ2v) is 3.86. The number of hydrogen-bond acceptors (Lipinski definition) is 3. The molecule has 86 valence electrons. The minimum Gasteiger partial charge on any atom is -0.453 e. The summed E-state index contributed by atoms with van der Waals surface area (Å²) >= 11 is 0. The Morgan fingerprint density at radius 2 is 2.12 bits per heavy atom. The van der Waals surface area contributed by atoms with Gasteiger partial charge < -0.3 is 9.64 Å². The monoisotopic (exact) mass is 220 g/mol. The number of rotatable bonds is 2. The van der Waals surface area contributed by atoms with Crippen molar-refractivity contribution < 1.29 is 9.53 Å². The van der Waals surface area contributed by atoms with E-state index in [1.165, 1.54) is 20.0 Å². The fraction of sp³-hybridized carbons (Fsp3) is 0.417. The molecule has 1 aliphatic rings. The molecule has 0 unspecified atom stereocenters. The molecule has 0 atom stereocenters. The van der Waals surface area contributed by atoms with Crippen LogP contribution in [0.3, 0.4) is 0 Å². The lowest BCUT2D eigenvalue weighted by atomic mass is 10.2. The first-order valence-corrected chi connectivity index (χ1v) is 5.49. The molecule has 1 aromatic rings. The summed E-state index contributed by atoms with van der Waals surface area (Å²) < 4.78 is 4.56. The Balaban J connectivity index is 2.09. The highest BCUT2D eigenvalue weighted by atomic mass is 16.5. The van der Waals surface area contributed by atoms with E-state index in [1.54, 1.807) is 0 Å². The number of hydrogen-bond donors (Lipinski definition) is 1. The van der Waals surface area contributed by atoms with Crippen molar-refractivity contribution in [3.05, 3.63) is 24.3 Å². The Kier molecular flexibility index (Phi) is 3.29. The van der Waals surface area contributed by atoms with Crippen LogP contribution in [-0.4, -0.2) is 26.3 Å². The summed E-state index contributed by atoms with van der Waals surface area (Å²) in [6.07, 6.45) is 2.06. The highest BCUT2D eigenvalue weighted by molar-refractivity contribution is 5.85. The molecule has 0 saturated carbocycles. The molecule has 0 spiro atoms. The van der Waals surface area contributed by atoms with Crippen molar-refractivity contribution in [3.63, 3.8) is 0 Å². The quantitative estimate of drug-likeness (QED) is 0.832. The molecule has 1 N–H and O–H groups in total. The van der Waals surface area contributed by atoms with E-state index in [0.717, 1.165) is 24.5 Å². The van der Waals surface area contributed by atoms with Gasteiger partial charge in [0.05, 0.1) is 7.11 Å². The van der Waals surface area contributed by atoms with E-state index >= 15 is 0 Å². The molecule has 16 heavy (non-hydrogen) atoms. The molecular weight excluding hydrogens is 204 g/mol. The maximum absolute atomic E-state index is 11.1. The van der Waals surface area contributed by atoms with E-state index in [-0.39, 0.29) is 0 Å². The summed E-state index contributed by atoms with van der Waals surface area (Å²) in [5, 5.41) is 2.67. The number of nitrogens with one attached hydrogen (secondary N) is 1. The molecule has 1 saturated heterocycles. The number of methoxy groups -OCH3 is 1. The predicted molar refractivity (Wildman–Crippen MR) is 63.9 cm³/mol. The van der Waals surface area contributed by atoms with Crippen LogP contribution < -0.4 is 10.2 Å². The first-order valence-electron chi connectivity index (χ1n) is 5.49. The average Bonchev–Trinajstić information content (AvgIpc) is 2.83. The van der Waals surface area contributed by atoms with Crippen molar-refractivity contribution in [2.75, 3.05) is 30.4 Å². The van der Waals surface area contributed by atoms with E-state index < -0.39 is 6.09 Å². The Hall–Kier alpha value is -1.71. The molecule has 0 radical (unpaired) electrons. The number of amides is 1. The summed E-state index contributed by atoms with van der Waals surface area (Å²) in [4.78, 5) is 13.4. The highest BCUT2D eigenvalue weighted by Gasteiger charge is 2.12. The third-order valence-corrected chi connectivity index (χ3v) is 2.75. The van der Waals surface area contributed by atoms with E-state index in [1.807, 2.05) is 18.2 Å². The Morgan fingerprint density at radius 1 is 1.38 bits per heavy atom. The normalized spacial score (nSPS) is 14.9. The van der Waals surface area contributed by atoms with E-state index in [4.69, 9.17) is 0 Å². The zero-order chi connectivity index (χ0) is 11.4. The van der Waals surface area contributed by atoms with Crippen LogP contribution >= 0.6 is 0 Å². The van der Waals surface area contributed by atoms with Gasteiger partial charge in [0, 0.05) is 24.5 Å². The third kappa shape index (κ3) is 2.45. The molecule has 4 heteroatoms. The topological polar surface area (TPSA) is 41.6 Å². The number of carbonyl (C=O) groups is 1. The van der Waals surface area contributed by atoms with E-state index in [9.17, 15) is 4.79 Å². The molecule has 1 aliphatic heterocycles. The minimum atomic E-state index is -0.432. The zero-order valence-corrected chi connectivity index (χ0v) is 9.40. The largest absolute Gasteiger partial charge is 0.453 e. The molecule has 1 fully saturated rings. The van der Waals surface area contributed by atoms with Gasteiger partial charge in [0.25, 0.3) is 0 Å². The first-order chi connectivity index (χ1) is 7.79. The first kappa shape index (κ1) is 10.8. The van der Waals surface area contributed by atoms with Gasteiger partial charge in [-0.05, 0) is 31.0 Å². The Labute approximate surface area is 95.2 Å². The second kappa shape index (κ2) is 4.88. The molecule has 4 nitrogen and oxygen atoms in total. The lowest BCUT2D eigenvalue weighted by Gasteiger charge is -2.18. The molecule has 0 bridgehead atoms.